The highest BCUT2D eigenvalue weighted by atomic mass is 35.5. The zero-order valence-electron chi connectivity index (χ0n) is 14.8. The molecule has 3 aliphatic rings. The summed E-state index contributed by atoms with van der Waals surface area (Å²) < 4.78 is 11.5. The van der Waals surface area contributed by atoms with E-state index in [0.717, 1.165) is 13.0 Å². The third-order valence-corrected chi connectivity index (χ3v) is 6.62. The smallest absolute Gasteiger partial charge is 0.241 e. The molecule has 0 aromatic carbocycles. The van der Waals surface area contributed by atoms with Crippen LogP contribution >= 0.6 is 12.4 Å². The summed E-state index contributed by atoms with van der Waals surface area (Å²) >= 11 is 0. The van der Waals surface area contributed by atoms with Gasteiger partial charge in [0.2, 0.25) is 5.91 Å². The highest BCUT2D eigenvalue weighted by Gasteiger charge is 2.65. The minimum absolute atomic E-state index is 0. The number of halogens is 1. The summed E-state index contributed by atoms with van der Waals surface area (Å²) in [6, 6.07) is 0.162. The second-order valence-corrected chi connectivity index (χ2v) is 8.36. The molecule has 1 amide bonds. The van der Waals surface area contributed by atoms with E-state index in [-0.39, 0.29) is 47.4 Å². The van der Waals surface area contributed by atoms with Crippen molar-refractivity contribution in [2.45, 2.75) is 71.2 Å². The van der Waals surface area contributed by atoms with Crippen LogP contribution in [0, 0.1) is 16.7 Å². The van der Waals surface area contributed by atoms with Gasteiger partial charge in [-0.15, -0.1) is 12.4 Å². The van der Waals surface area contributed by atoms with Gasteiger partial charge in [0, 0.05) is 42.4 Å². The number of nitrogens with one attached hydrogen (secondary N) is 1. The van der Waals surface area contributed by atoms with Gasteiger partial charge in [-0.05, 0) is 13.3 Å². The number of carbonyl (C=O) groups excluding carboxylic acids is 1. The van der Waals surface area contributed by atoms with Crippen LogP contribution in [0.25, 0.3) is 0 Å². The number of fused-ring (bicyclic) bond motifs is 1. The Kier molecular flexibility index (Phi) is 4.84. The number of hydrogen-bond donors (Lipinski definition) is 2. The molecule has 0 aromatic rings. The number of nitrogens with two attached hydrogens (primary N) is 1. The summed E-state index contributed by atoms with van der Waals surface area (Å²) in [7, 11) is 0. The Bertz CT molecular complexity index is 482. The van der Waals surface area contributed by atoms with Crippen molar-refractivity contribution in [2.24, 2.45) is 22.5 Å². The molecule has 6 heteroatoms. The van der Waals surface area contributed by atoms with E-state index in [2.05, 4.69) is 19.2 Å². The van der Waals surface area contributed by atoms with Crippen molar-refractivity contribution in [3.05, 3.63) is 0 Å². The first-order valence-electron chi connectivity index (χ1n) is 8.49. The standard InChI is InChI=1S/C17H30N2O3.ClH/c1-6-21-11-9-17(18,16(11,4)5)14(20)19-12-10-7-8-22-13(10)15(12,2)3;/h10-13H,6-9,18H2,1-5H3,(H,19,20);1H. The molecule has 0 spiro atoms. The lowest BCUT2D eigenvalue weighted by Crippen LogP contribution is -2.78. The van der Waals surface area contributed by atoms with Gasteiger partial charge in [0.05, 0.1) is 12.2 Å². The molecule has 3 N–H and O–H groups in total. The molecule has 5 atom stereocenters. The highest BCUT2D eigenvalue weighted by molar-refractivity contribution is 5.89. The normalized spacial score (nSPS) is 42.7. The van der Waals surface area contributed by atoms with Crippen molar-refractivity contribution in [3.8, 4) is 0 Å². The van der Waals surface area contributed by atoms with E-state index in [1.807, 2.05) is 20.8 Å². The van der Waals surface area contributed by atoms with Crippen LogP contribution in [0.15, 0.2) is 0 Å². The maximum Gasteiger partial charge on any atom is 0.241 e. The molecule has 1 saturated heterocycles. The first kappa shape index (κ1) is 19.0. The van der Waals surface area contributed by atoms with Gasteiger partial charge in [-0.25, -0.2) is 0 Å². The van der Waals surface area contributed by atoms with Crippen molar-refractivity contribution in [2.75, 3.05) is 13.2 Å². The topological polar surface area (TPSA) is 73.6 Å². The van der Waals surface area contributed by atoms with Crippen molar-refractivity contribution in [1.29, 1.82) is 0 Å². The molecule has 3 fully saturated rings. The minimum atomic E-state index is -0.840. The molecule has 2 saturated carbocycles. The summed E-state index contributed by atoms with van der Waals surface area (Å²) in [5.41, 5.74) is 5.28. The van der Waals surface area contributed by atoms with Crippen LogP contribution in [0.4, 0.5) is 0 Å². The Morgan fingerprint density at radius 1 is 1.35 bits per heavy atom. The molecule has 5 nitrogen and oxygen atoms in total. The number of amides is 1. The predicted octanol–water partition coefficient (Wildman–Crippen LogP) is 1.87. The molecule has 5 unspecified atom stereocenters. The third kappa shape index (κ3) is 2.43. The fourth-order valence-electron chi connectivity index (χ4n) is 4.71. The van der Waals surface area contributed by atoms with Crippen molar-refractivity contribution < 1.29 is 14.3 Å². The quantitative estimate of drug-likeness (QED) is 0.815. The zero-order valence-corrected chi connectivity index (χ0v) is 15.7. The Balaban J connectivity index is 0.00000192. The van der Waals surface area contributed by atoms with Crippen molar-refractivity contribution in [1.82, 2.24) is 5.32 Å². The van der Waals surface area contributed by atoms with E-state index in [0.29, 0.717) is 18.9 Å². The van der Waals surface area contributed by atoms with E-state index < -0.39 is 5.54 Å². The lowest BCUT2D eigenvalue weighted by molar-refractivity contribution is -0.177. The third-order valence-electron chi connectivity index (χ3n) is 6.62. The Morgan fingerprint density at radius 2 is 2.00 bits per heavy atom. The molecule has 0 aromatic heterocycles. The molecule has 1 heterocycles. The monoisotopic (exact) mass is 346 g/mol. The summed E-state index contributed by atoms with van der Waals surface area (Å²) in [4.78, 5) is 12.9. The summed E-state index contributed by atoms with van der Waals surface area (Å²) in [6.07, 6.45) is 1.96. The van der Waals surface area contributed by atoms with Gasteiger partial charge in [0.15, 0.2) is 0 Å². The summed E-state index contributed by atoms with van der Waals surface area (Å²) in [5, 5.41) is 3.24. The summed E-state index contributed by atoms with van der Waals surface area (Å²) in [5.74, 6) is 0.408. The molecule has 3 rings (SSSR count). The van der Waals surface area contributed by atoms with Gasteiger partial charge >= 0.3 is 0 Å². The molecular formula is C17H31ClN2O3. The van der Waals surface area contributed by atoms with Crippen LogP contribution in [0.2, 0.25) is 0 Å². The molecular weight excluding hydrogens is 316 g/mol. The molecule has 2 aliphatic carbocycles. The second-order valence-electron chi connectivity index (χ2n) is 8.36. The molecule has 134 valence electrons. The highest BCUT2D eigenvalue weighted by Crippen LogP contribution is 2.54. The minimum Gasteiger partial charge on any atom is -0.378 e. The van der Waals surface area contributed by atoms with Crippen LogP contribution in [0.5, 0.6) is 0 Å². The van der Waals surface area contributed by atoms with Gasteiger partial charge < -0.3 is 20.5 Å². The maximum atomic E-state index is 12.9. The lowest BCUT2D eigenvalue weighted by atomic mass is 9.53. The first-order chi connectivity index (χ1) is 10.2. The van der Waals surface area contributed by atoms with E-state index in [1.165, 1.54) is 0 Å². The Hall–Kier alpha value is -0.360. The molecule has 1 aliphatic heterocycles. The average Bonchev–Trinajstić information content (AvgIpc) is 2.90. The molecule has 0 radical (unpaired) electrons. The first-order valence-corrected chi connectivity index (χ1v) is 8.49. The average molecular weight is 347 g/mol. The SMILES string of the molecule is CCOC1CC(N)(C(=O)NC2C3CCOC3C2(C)C)C1(C)C.Cl. The number of ether oxygens (including phenoxy) is 2. The number of carbonyl (C=O) groups is 1. The van der Waals surface area contributed by atoms with Crippen LogP contribution in [-0.4, -0.2) is 42.9 Å². The zero-order chi connectivity index (χ0) is 16.3. The van der Waals surface area contributed by atoms with Crippen LogP contribution < -0.4 is 11.1 Å². The van der Waals surface area contributed by atoms with Gasteiger partial charge in [-0.2, -0.15) is 0 Å². The lowest BCUT2D eigenvalue weighted by Gasteiger charge is -2.60. The van der Waals surface area contributed by atoms with Crippen LogP contribution in [0.3, 0.4) is 0 Å². The van der Waals surface area contributed by atoms with E-state index in [1.54, 1.807) is 0 Å². The van der Waals surface area contributed by atoms with Crippen molar-refractivity contribution >= 4 is 18.3 Å². The van der Waals surface area contributed by atoms with E-state index in [9.17, 15) is 4.79 Å². The maximum absolute atomic E-state index is 12.9. The van der Waals surface area contributed by atoms with E-state index in [4.69, 9.17) is 15.2 Å². The second kappa shape index (κ2) is 5.87. The predicted molar refractivity (Wildman–Crippen MR) is 91.5 cm³/mol. The Labute approximate surface area is 145 Å². The number of hydrogen-bond acceptors (Lipinski definition) is 4. The largest absolute Gasteiger partial charge is 0.378 e. The fraction of sp³-hybridized carbons (Fsp3) is 0.941. The van der Waals surface area contributed by atoms with E-state index >= 15 is 0 Å². The molecule has 0 bridgehead atoms. The van der Waals surface area contributed by atoms with Crippen LogP contribution in [0.1, 0.15) is 47.5 Å². The van der Waals surface area contributed by atoms with Crippen LogP contribution in [-0.2, 0) is 14.3 Å². The van der Waals surface area contributed by atoms with Crippen molar-refractivity contribution in [3.63, 3.8) is 0 Å². The molecule has 23 heavy (non-hydrogen) atoms. The Morgan fingerprint density at radius 3 is 2.57 bits per heavy atom. The van der Waals surface area contributed by atoms with Gasteiger partial charge in [0.25, 0.3) is 0 Å². The van der Waals surface area contributed by atoms with Gasteiger partial charge in [-0.1, -0.05) is 27.7 Å². The number of rotatable bonds is 4. The summed E-state index contributed by atoms with van der Waals surface area (Å²) in [6.45, 7) is 11.8. The van der Waals surface area contributed by atoms with Gasteiger partial charge in [0.1, 0.15) is 5.54 Å². The van der Waals surface area contributed by atoms with Gasteiger partial charge in [-0.3, -0.25) is 4.79 Å². The fourth-order valence-corrected chi connectivity index (χ4v) is 4.71.